The molecule has 1 aliphatic heterocycles. The quantitative estimate of drug-likeness (QED) is 0.427. The Balaban J connectivity index is 1.44. The second kappa shape index (κ2) is 8.02. The summed E-state index contributed by atoms with van der Waals surface area (Å²) in [5.41, 5.74) is 0.740. The molecule has 1 heterocycles. The van der Waals surface area contributed by atoms with Crippen LogP contribution < -0.4 is 0 Å². The predicted octanol–water partition coefficient (Wildman–Crippen LogP) is 4.81. The Morgan fingerprint density at radius 3 is 2.34 bits per heavy atom. The fourth-order valence-electron chi connectivity index (χ4n) is 10.2. The summed E-state index contributed by atoms with van der Waals surface area (Å²) in [4.78, 5) is 0. The third-order valence-electron chi connectivity index (χ3n) is 12.7. The molecule has 0 aromatic carbocycles. The van der Waals surface area contributed by atoms with E-state index in [4.69, 9.17) is 4.74 Å². The molecule has 3 saturated carbocycles. The summed E-state index contributed by atoms with van der Waals surface area (Å²) in [5, 5.41) is 42.8. The SMILES string of the molecule is CC(C)(O)[C@@H](O)[C@H]1C[C@@H]([C@H]2CC[C@]3(C)C4=CCC5C(C)(C)[C@@H](O)CC[C@]5(C)[C@H]4CC[C@@]23C)[C@H](O)O1. The van der Waals surface area contributed by atoms with E-state index in [2.05, 4.69) is 40.7 Å². The zero-order valence-corrected chi connectivity index (χ0v) is 23.1. The monoisotopic (exact) mass is 490 g/mol. The van der Waals surface area contributed by atoms with E-state index in [1.807, 2.05) is 0 Å². The van der Waals surface area contributed by atoms with Crippen LogP contribution in [-0.4, -0.2) is 50.6 Å². The second-order valence-corrected chi connectivity index (χ2v) is 14.9. The summed E-state index contributed by atoms with van der Waals surface area (Å²) in [6.45, 7) is 15.2. The van der Waals surface area contributed by atoms with Gasteiger partial charge in [-0.05, 0) is 105 Å². The fraction of sp³-hybridized carbons (Fsp3) is 0.933. The highest BCUT2D eigenvalue weighted by Crippen LogP contribution is 2.73. The van der Waals surface area contributed by atoms with Gasteiger partial charge in [0, 0.05) is 5.92 Å². The molecule has 0 amide bonds. The van der Waals surface area contributed by atoms with Crippen molar-refractivity contribution < 1.29 is 25.2 Å². The first-order chi connectivity index (χ1) is 16.1. The molecule has 5 heteroatoms. The van der Waals surface area contributed by atoms with Crippen LogP contribution in [0.4, 0.5) is 0 Å². The molecule has 4 aliphatic carbocycles. The van der Waals surface area contributed by atoms with Crippen molar-refractivity contribution in [2.75, 3.05) is 0 Å². The first kappa shape index (κ1) is 26.2. The first-order valence-corrected chi connectivity index (χ1v) is 14.2. The van der Waals surface area contributed by atoms with Gasteiger partial charge in [-0.15, -0.1) is 0 Å². The predicted molar refractivity (Wildman–Crippen MR) is 136 cm³/mol. The number of allylic oxidation sites excluding steroid dienone is 2. The number of hydrogen-bond acceptors (Lipinski definition) is 5. The Morgan fingerprint density at radius 1 is 1.00 bits per heavy atom. The fourth-order valence-corrected chi connectivity index (χ4v) is 10.2. The van der Waals surface area contributed by atoms with E-state index in [0.29, 0.717) is 24.2 Å². The number of rotatable bonds is 3. The van der Waals surface area contributed by atoms with Crippen molar-refractivity contribution in [1.29, 1.82) is 0 Å². The number of hydrogen-bond donors (Lipinski definition) is 4. The van der Waals surface area contributed by atoms with Gasteiger partial charge >= 0.3 is 0 Å². The molecule has 1 saturated heterocycles. The van der Waals surface area contributed by atoms with Gasteiger partial charge in [-0.2, -0.15) is 0 Å². The van der Waals surface area contributed by atoms with Crippen molar-refractivity contribution in [2.45, 2.75) is 130 Å². The third-order valence-corrected chi connectivity index (χ3v) is 12.7. The Labute approximate surface area is 212 Å². The zero-order chi connectivity index (χ0) is 25.8. The molecule has 1 unspecified atom stereocenters. The summed E-state index contributed by atoms with van der Waals surface area (Å²) in [5.74, 6) is 1.39. The van der Waals surface area contributed by atoms with Crippen LogP contribution in [0.15, 0.2) is 11.6 Å². The second-order valence-electron chi connectivity index (χ2n) is 14.9. The third kappa shape index (κ3) is 3.51. The van der Waals surface area contributed by atoms with E-state index in [1.54, 1.807) is 19.4 Å². The Kier molecular flexibility index (Phi) is 6.00. The van der Waals surface area contributed by atoms with Crippen molar-refractivity contribution in [3.63, 3.8) is 0 Å². The van der Waals surface area contributed by atoms with Gasteiger partial charge in [0.1, 0.15) is 6.10 Å². The van der Waals surface area contributed by atoms with Crippen LogP contribution in [0.5, 0.6) is 0 Å². The summed E-state index contributed by atoms with van der Waals surface area (Å²) in [6, 6.07) is 0. The van der Waals surface area contributed by atoms with Crippen LogP contribution in [0.25, 0.3) is 0 Å². The molecule has 5 rings (SSSR count). The molecule has 0 bridgehead atoms. The lowest BCUT2D eigenvalue weighted by Crippen LogP contribution is -2.58. The molecule has 0 aromatic rings. The number of ether oxygens (including phenoxy) is 1. The maximum atomic E-state index is 11.0. The summed E-state index contributed by atoms with van der Waals surface area (Å²) in [6.07, 6.45) is 8.08. The van der Waals surface area contributed by atoms with Crippen LogP contribution in [0.2, 0.25) is 0 Å². The van der Waals surface area contributed by atoms with Gasteiger partial charge in [0.05, 0.1) is 17.8 Å². The average Bonchev–Trinajstić information content (AvgIpc) is 3.26. The number of aliphatic hydroxyl groups excluding tert-OH is 3. The van der Waals surface area contributed by atoms with Crippen LogP contribution in [0.1, 0.15) is 99.8 Å². The zero-order valence-electron chi connectivity index (χ0n) is 23.1. The summed E-state index contributed by atoms with van der Waals surface area (Å²) in [7, 11) is 0. The molecule has 5 nitrogen and oxygen atoms in total. The molecule has 4 fully saturated rings. The van der Waals surface area contributed by atoms with Crippen molar-refractivity contribution >= 4 is 0 Å². The number of fused-ring (bicyclic) bond motifs is 5. The van der Waals surface area contributed by atoms with Crippen LogP contribution in [0.3, 0.4) is 0 Å². The minimum absolute atomic E-state index is 0.0170. The first-order valence-electron chi connectivity index (χ1n) is 14.2. The Hall–Kier alpha value is -0.460. The van der Waals surface area contributed by atoms with Crippen molar-refractivity contribution in [2.24, 2.45) is 45.3 Å². The molecule has 0 aromatic heterocycles. The van der Waals surface area contributed by atoms with E-state index in [1.165, 1.54) is 6.42 Å². The van der Waals surface area contributed by atoms with Gasteiger partial charge < -0.3 is 25.2 Å². The normalized spacial score (nSPS) is 52.3. The van der Waals surface area contributed by atoms with E-state index in [-0.39, 0.29) is 33.7 Å². The van der Waals surface area contributed by atoms with Gasteiger partial charge in [0.2, 0.25) is 0 Å². The van der Waals surface area contributed by atoms with Crippen molar-refractivity contribution in [3.8, 4) is 0 Å². The maximum absolute atomic E-state index is 11.0. The van der Waals surface area contributed by atoms with Crippen molar-refractivity contribution in [1.82, 2.24) is 0 Å². The minimum atomic E-state index is -1.26. The van der Waals surface area contributed by atoms with Crippen LogP contribution >= 0.6 is 0 Å². The van der Waals surface area contributed by atoms with Crippen LogP contribution in [0, 0.1) is 45.3 Å². The van der Waals surface area contributed by atoms with E-state index >= 15 is 0 Å². The maximum Gasteiger partial charge on any atom is 0.158 e. The average molecular weight is 491 g/mol. The molecular formula is C30H50O5. The van der Waals surface area contributed by atoms with Crippen molar-refractivity contribution in [3.05, 3.63) is 11.6 Å². The highest BCUT2D eigenvalue weighted by molar-refractivity contribution is 5.33. The summed E-state index contributed by atoms with van der Waals surface area (Å²) < 4.78 is 5.87. The van der Waals surface area contributed by atoms with E-state index in [9.17, 15) is 20.4 Å². The largest absolute Gasteiger partial charge is 0.393 e. The molecule has 0 radical (unpaired) electrons. The summed E-state index contributed by atoms with van der Waals surface area (Å²) >= 11 is 0. The lowest BCUT2D eigenvalue weighted by atomic mass is 9.41. The van der Waals surface area contributed by atoms with Gasteiger partial charge in [0.25, 0.3) is 0 Å². The molecule has 11 atom stereocenters. The highest BCUT2D eigenvalue weighted by atomic mass is 16.6. The lowest BCUT2D eigenvalue weighted by Gasteiger charge is -2.64. The van der Waals surface area contributed by atoms with Gasteiger partial charge in [-0.25, -0.2) is 0 Å². The molecule has 4 N–H and O–H groups in total. The smallest absolute Gasteiger partial charge is 0.158 e. The molecule has 200 valence electrons. The Morgan fingerprint density at radius 2 is 1.69 bits per heavy atom. The molecule has 0 spiro atoms. The van der Waals surface area contributed by atoms with Gasteiger partial charge in [-0.3, -0.25) is 0 Å². The molecular weight excluding hydrogens is 440 g/mol. The Bertz CT molecular complexity index is 874. The van der Waals surface area contributed by atoms with E-state index < -0.39 is 24.1 Å². The number of aliphatic hydroxyl groups is 4. The molecule has 5 aliphatic rings. The van der Waals surface area contributed by atoms with E-state index in [0.717, 1.165) is 38.5 Å². The molecule has 35 heavy (non-hydrogen) atoms. The van der Waals surface area contributed by atoms with Gasteiger partial charge in [0.15, 0.2) is 6.29 Å². The topological polar surface area (TPSA) is 90.2 Å². The standard InChI is InChI=1S/C30H50O5/c1-26(2)22-9-8-20-19(28(22,5)13-12-23(26)31)11-15-29(6)18(10-14-30(20,29)7)17-16-21(35-25(17)33)24(32)27(3,4)34/h8,17-19,21-25,31-34H,9-16H2,1-7H3/t17-,18+,19-,21+,22?,23-,24-,25+,28+,29-,30+/m0/s1. The van der Waals surface area contributed by atoms with Crippen LogP contribution in [-0.2, 0) is 4.74 Å². The minimum Gasteiger partial charge on any atom is -0.393 e. The van der Waals surface area contributed by atoms with Gasteiger partial charge in [-0.1, -0.05) is 46.3 Å². The lowest BCUT2D eigenvalue weighted by molar-refractivity contribution is -0.173. The highest BCUT2D eigenvalue weighted by Gasteiger charge is 2.66.